The molecule has 1 heterocycles. The molecule has 0 fully saturated rings. The van der Waals surface area contributed by atoms with Gasteiger partial charge in [-0.2, -0.15) is 5.10 Å². The molecule has 2 aromatic carbocycles. The number of ether oxygens (including phenoxy) is 1. The molecule has 0 saturated heterocycles. The van der Waals surface area contributed by atoms with Gasteiger partial charge in [-0.15, -0.1) is 0 Å². The highest BCUT2D eigenvalue weighted by atomic mass is 35.5. The van der Waals surface area contributed by atoms with E-state index in [1.54, 1.807) is 30.5 Å². The maximum atomic E-state index is 12.7. The lowest BCUT2D eigenvalue weighted by molar-refractivity contribution is 0.0953. The van der Waals surface area contributed by atoms with E-state index in [1.165, 1.54) is 16.8 Å². The number of rotatable bonds is 7. The van der Waals surface area contributed by atoms with Crippen molar-refractivity contribution < 1.29 is 9.53 Å². The summed E-state index contributed by atoms with van der Waals surface area (Å²) in [5.41, 5.74) is 4.82. The minimum absolute atomic E-state index is 0.0204. The van der Waals surface area contributed by atoms with Crippen molar-refractivity contribution >= 4 is 23.7 Å². The monoisotopic (exact) mass is 423 g/mol. The Hall–Kier alpha value is -3.38. The third-order valence-electron chi connectivity index (χ3n) is 4.34. The third-order valence-corrected chi connectivity index (χ3v) is 4.63. The predicted molar refractivity (Wildman–Crippen MR) is 119 cm³/mol. The first-order valence-electron chi connectivity index (χ1n) is 9.48. The molecule has 0 bridgehead atoms. The van der Waals surface area contributed by atoms with Crippen molar-refractivity contribution in [1.29, 1.82) is 0 Å². The molecule has 6 nitrogen and oxygen atoms in total. The van der Waals surface area contributed by atoms with Crippen molar-refractivity contribution in [2.24, 2.45) is 5.10 Å². The van der Waals surface area contributed by atoms with Crippen molar-refractivity contribution in [3.8, 4) is 5.75 Å². The van der Waals surface area contributed by atoms with Gasteiger partial charge in [0.15, 0.2) is 0 Å². The Kier molecular flexibility index (Phi) is 7.03. The zero-order chi connectivity index (χ0) is 21.5. The van der Waals surface area contributed by atoms with E-state index < -0.39 is 5.91 Å². The largest absolute Gasteiger partial charge is 0.492 e. The molecule has 0 unspecified atom stereocenters. The molecule has 0 radical (unpaired) electrons. The van der Waals surface area contributed by atoms with Crippen molar-refractivity contribution in [1.82, 2.24) is 9.99 Å². The summed E-state index contributed by atoms with van der Waals surface area (Å²) in [5, 5.41) is 4.38. The first-order valence-corrected chi connectivity index (χ1v) is 9.86. The highest BCUT2D eigenvalue weighted by Crippen LogP contribution is 2.24. The summed E-state index contributed by atoms with van der Waals surface area (Å²) in [6, 6.07) is 16.2. The highest BCUT2D eigenvalue weighted by Gasteiger charge is 2.12. The van der Waals surface area contributed by atoms with Crippen molar-refractivity contribution in [3.63, 3.8) is 0 Å². The van der Waals surface area contributed by atoms with Crippen molar-refractivity contribution in [2.75, 3.05) is 6.61 Å². The van der Waals surface area contributed by atoms with E-state index in [9.17, 15) is 9.59 Å². The Morgan fingerprint density at radius 1 is 1.20 bits per heavy atom. The summed E-state index contributed by atoms with van der Waals surface area (Å²) in [5.74, 6) is 0.00525. The van der Waals surface area contributed by atoms with Gasteiger partial charge < -0.3 is 9.30 Å². The summed E-state index contributed by atoms with van der Waals surface area (Å²) in [7, 11) is 0. The van der Waals surface area contributed by atoms with Crippen LogP contribution < -0.4 is 15.7 Å². The Morgan fingerprint density at radius 2 is 2.03 bits per heavy atom. The first-order chi connectivity index (χ1) is 14.5. The van der Waals surface area contributed by atoms with Gasteiger partial charge in [-0.25, -0.2) is 5.43 Å². The van der Waals surface area contributed by atoms with Crippen LogP contribution in [0.25, 0.3) is 0 Å². The number of aromatic nitrogens is 1. The number of hydrogen-bond acceptors (Lipinski definition) is 4. The lowest BCUT2D eigenvalue weighted by Crippen LogP contribution is -2.30. The molecule has 1 aromatic heterocycles. The average molecular weight is 424 g/mol. The summed E-state index contributed by atoms with van der Waals surface area (Å²) >= 11 is 6.14. The van der Waals surface area contributed by atoms with Gasteiger partial charge in [0.05, 0.1) is 24.4 Å². The average Bonchev–Trinajstić information content (AvgIpc) is 2.71. The molecule has 7 heteroatoms. The predicted octanol–water partition coefficient (Wildman–Crippen LogP) is 4.02. The molecule has 3 rings (SSSR count). The maximum Gasteiger partial charge on any atom is 0.276 e. The first kappa shape index (κ1) is 21.3. The summed E-state index contributed by atoms with van der Waals surface area (Å²) in [6.45, 7) is 4.77. The van der Waals surface area contributed by atoms with Crippen molar-refractivity contribution in [2.45, 2.75) is 20.4 Å². The van der Waals surface area contributed by atoms with Gasteiger partial charge in [0.2, 0.25) is 0 Å². The van der Waals surface area contributed by atoms with Crippen LogP contribution in [0.3, 0.4) is 0 Å². The number of halogens is 1. The van der Waals surface area contributed by atoms with Crippen LogP contribution in [-0.2, 0) is 6.54 Å². The van der Waals surface area contributed by atoms with Crippen LogP contribution in [0.1, 0.15) is 34.0 Å². The van der Waals surface area contributed by atoms with Crippen molar-refractivity contribution in [3.05, 3.63) is 98.4 Å². The minimum atomic E-state index is -0.577. The molecule has 1 amide bonds. The van der Waals surface area contributed by atoms with E-state index in [1.807, 2.05) is 38.1 Å². The highest BCUT2D eigenvalue weighted by molar-refractivity contribution is 6.32. The number of carbonyl (C=O) groups is 1. The number of aryl methyl sites for hydroxylation is 1. The quantitative estimate of drug-likeness (QED) is 0.460. The Labute approximate surface area is 179 Å². The number of nitrogens with zero attached hydrogens (tertiary/aromatic N) is 2. The lowest BCUT2D eigenvalue weighted by Gasteiger charge is -2.08. The second-order valence-corrected chi connectivity index (χ2v) is 7.07. The standard InChI is InChI=1S/C23H22ClN3O3/c1-3-30-21-10-9-17(13-20(21)24)14-25-26-22(28)19-8-5-11-27(23(19)29)15-18-7-4-6-16(2)12-18/h4-14H,3,15H2,1-2H3,(H,26,28)/b25-14-. The SMILES string of the molecule is CCOc1ccc(/C=N\NC(=O)c2cccn(Cc3cccc(C)c3)c2=O)cc1Cl. The second kappa shape index (κ2) is 9.89. The van der Waals surface area contributed by atoms with Crippen LogP contribution in [0.15, 0.2) is 70.7 Å². The number of pyridine rings is 1. The number of benzene rings is 2. The van der Waals surface area contributed by atoms with Gasteiger partial charge in [-0.1, -0.05) is 41.4 Å². The Bertz CT molecular complexity index is 1140. The summed E-state index contributed by atoms with van der Waals surface area (Å²) < 4.78 is 6.88. The van der Waals surface area contributed by atoms with Gasteiger partial charge in [0, 0.05) is 6.20 Å². The smallest absolute Gasteiger partial charge is 0.276 e. The molecule has 0 saturated carbocycles. The molecular weight excluding hydrogens is 402 g/mol. The van der Waals surface area contributed by atoms with Crippen LogP contribution >= 0.6 is 11.6 Å². The molecule has 0 aliphatic rings. The normalized spacial score (nSPS) is 10.9. The van der Waals surface area contributed by atoms with Crippen LogP contribution in [0, 0.1) is 6.92 Å². The number of amides is 1. The molecular formula is C23H22ClN3O3. The van der Waals surface area contributed by atoms with Gasteiger partial charge in [-0.3, -0.25) is 9.59 Å². The lowest BCUT2D eigenvalue weighted by atomic mass is 10.1. The molecule has 0 aliphatic carbocycles. The zero-order valence-electron chi connectivity index (χ0n) is 16.8. The molecule has 0 aliphatic heterocycles. The zero-order valence-corrected chi connectivity index (χ0v) is 17.5. The van der Waals surface area contributed by atoms with E-state index in [4.69, 9.17) is 16.3 Å². The van der Waals surface area contributed by atoms with E-state index in [0.717, 1.165) is 11.1 Å². The summed E-state index contributed by atoms with van der Waals surface area (Å²) in [4.78, 5) is 25.1. The van der Waals surface area contributed by atoms with Crippen LogP contribution in [-0.4, -0.2) is 23.3 Å². The van der Waals surface area contributed by atoms with E-state index in [0.29, 0.717) is 29.5 Å². The fourth-order valence-electron chi connectivity index (χ4n) is 2.94. The molecule has 3 aromatic rings. The number of carbonyl (C=O) groups excluding carboxylic acids is 1. The Balaban J connectivity index is 1.70. The van der Waals surface area contributed by atoms with E-state index in [2.05, 4.69) is 10.5 Å². The van der Waals surface area contributed by atoms with Gasteiger partial charge in [-0.05, 0) is 55.3 Å². The fraction of sp³-hybridized carbons (Fsp3) is 0.174. The topological polar surface area (TPSA) is 72.7 Å². The van der Waals surface area contributed by atoms with Gasteiger partial charge in [0.25, 0.3) is 11.5 Å². The van der Waals surface area contributed by atoms with Crippen LogP contribution in [0.4, 0.5) is 0 Å². The fourth-order valence-corrected chi connectivity index (χ4v) is 3.18. The number of nitrogens with one attached hydrogen (secondary N) is 1. The van der Waals surface area contributed by atoms with Crippen LogP contribution in [0.2, 0.25) is 5.02 Å². The number of hydrogen-bond donors (Lipinski definition) is 1. The molecule has 0 atom stereocenters. The van der Waals surface area contributed by atoms with Gasteiger partial charge >= 0.3 is 0 Å². The molecule has 30 heavy (non-hydrogen) atoms. The van der Waals surface area contributed by atoms with Gasteiger partial charge in [0.1, 0.15) is 11.3 Å². The Morgan fingerprint density at radius 3 is 2.77 bits per heavy atom. The van der Waals surface area contributed by atoms with E-state index >= 15 is 0 Å². The molecule has 0 spiro atoms. The number of hydrazone groups is 1. The summed E-state index contributed by atoms with van der Waals surface area (Å²) in [6.07, 6.45) is 3.11. The minimum Gasteiger partial charge on any atom is -0.492 e. The van der Waals surface area contributed by atoms with E-state index in [-0.39, 0.29) is 11.1 Å². The molecule has 154 valence electrons. The maximum absolute atomic E-state index is 12.7. The van der Waals surface area contributed by atoms with Crippen LogP contribution in [0.5, 0.6) is 5.75 Å². The third kappa shape index (κ3) is 5.36. The second-order valence-electron chi connectivity index (χ2n) is 6.67. The molecule has 1 N–H and O–H groups in total.